The van der Waals surface area contributed by atoms with E-state index in [-0.39, 0.29) is 5.56 Å². The van der Waals surface area contributed by atoms with Gasteiger partial charge < -0.3 is 14.4 Å². The number of ether oxygens (including phenoxy) is 2. The number of hydrogen-bond donors (Lipinski definition) is 0. The van der Waals surface area contributed by atoms with Gasteiger partial charge in [0.25, 0.3) is 0 Å². The number of hydrogen-bond acceptors (Lipinski definition) is 5. The zero-order valence-electron chi connectivity index (χ0n) is 13.2. The summed E-state index contributed by atoms with van der Waals surface area (Å²) < 4.78 is 10.6. The second-order valence-corrected chi connectivity index (χ2v) is 6.79. The van der Waals surface area contributed by atoms with Gasteiger partial charge in [-0.2, -0.15) is 0 Å². The fourth-order valence-electron chi connectivity index (χ4n) is 2.05. The molecular weight excluding hydrogens is 306 g/mol. The van der Waals surface area contributed by atoms with Gasteiger partial charge in [0.1, 0.15) is 5.56 Å². The second-order valence-electron chi connectivity index (χ2n) is 6.35. The molecule has 0 aromatic heterocycles. The predicted molar refractivity (Wildman–Crippen MR) is 84.7 cm³/mol. The summed E-state index contributed by atoms with van der Waals surface area (Å²) in [7, 11) is 1.90. The van der Waals surface area contributed by atoms with Crippen molar-refractivity contribution in [2.75, 3.05) is 25.1 Å². The molecule has 0 bridgehead atoms. The van der Waals surface area contributed by atoms with E-state index in [1.54, 1.807) is 26.8 Å². The molecule has 22 heavy (non-hydrogen) atoms. The van der Waals surface area contributed by atoms with Crippen LogP contribution in [0.5, 0.6) is 5.75 Å². The molecule has 1 heterocycles. The van der Waals surface area contributed by atoms with Crippen LogP contribution < -0.4 is 9.64 Å². The number of carbonyl (C=O) groups is 2. The van der Waals surface area contributed by atoms with Gasteiger partial charge in [-0.25, -0.2) is 4.79 Å². The quantitative estimate of drug-likeness (QED) is 0.586. The van der Waals surface area contributed by atoms with Gasteiger partial charge in [0, 0.05) is 18.6 Å². The van der Waals surface area contributed by atoms with E-state index < -0.39 is 17.4 Å². The van der Waals surface area contributed by atoms with E-state index in [0.717, 1.165) is 18.7 Å². The van der Waals surface area contributed by atoms with Crippen LogP contribution in [0.25, 0.3) is 0 Å². The van der Waals surface area contributed by atoms with Crippen molar-refractivity contribution in [3.63, 3.8) is 0 Å². The minimum absolute atomic E-state index is 0.175. The van der Waals surface area contributed by atoms with Gasteiger partial charge in [0.15, 0.2) is 5.75 Å². The lowest BCUT2D eigenvalue weighted by Crippen LogP contribution is -2.26. The zero-order valence-corrected chi connectivity index (χ0v) is 14.0. The molecule has 2 rings (SSSR count). The first kappa shape index (κ1) is 16.6. The molecule has 0 N–H and O–H groups in total. The topological polar surface area (TPSA) is 55.8 Å². The Morgan fingerprint density at radius 3 is 2.64 bits per heavy atom. The van der Waals surface area contributed by atoms with Gasteiger partial charge in [-0.3, -0.25) is 4.79 Å². The summed E-state index contributed by atoms with van der Waals surface area (Å²) >= 11 is 6.10. The third-order valence-electron chi connectivity index (χ3n) is 3.35. The fourth-order valence-corrected chi connectivity index (χ4v) is 2.27. The Morgan fingerprint density at radius 1 is 1.32 bits per heavy atom. The first-order chi connectivity index (χ1) is 10.2. The predicted octanol–water partition coefficient (Wildman–Crippen LogP) is 3.29. The van der Waals surface area contributed by atoms with Gasteiger partial charge in [-0.05, 0) is 39.3 Å². The Morgan fingerprint density at radius 2 is 2.00 bits per heavy atom. The lowest BCUT2D eigenvalue weighted by atomic mass is 9.97. The maximum atomic E-state index is 12.3. The van der Waals surface area contributed by atoms with Gasteiger partial charge in [-0.1, -0.05) is 11.6 Å². The summed E-state index contributed by atoms with van der Waals surface area (Å²) in [5, 5.41) is 0.395. The Balaban J connectivity index is 2.39. The summed E-state index contributed by atoms with van der Waals surface area (Å²) in [4.78, 5) is 26.2. The lowest BCUT2D eigenvalue weighted by molar-refractivity contribution is -0.146. The molecule has 0 fully saturated rings. The summed E-state index contributed by atoms with van der Waals surface area (Å²) in [6, 6.07) is 3.21. The number of anilines is 1. The van der Waals surface area contributed by atoms with Crippen LogP contribution in [0.15, 0.2) is 12.1 Å². The number of halogens is 1. The molecule has 1 aromatic rings. The SMILES string of the molecule is CN1CCCOc2c(C(=O)OC(=O)C(C)(C)C)cc(Cl)cc21. The minimum Gasteiger partial charge on any atom is -0.490 e. The van der Waals surface area contributed by atoms with E-state index in [4.69, 9.17) is 21.1 Å². The second kappa shape index (κ2) is 6.16. The summed E-state index contributed by atoms with van der Waals surface area (Å²) in [5.74, 6) is -0.918. The Bertz CT molecular complexity index is 607. The van der Waals surface area contributed by atoms with Crippen LogP contribution in [0, 0.1) is 5.41 Å². The molecule has 120 valence electrons. The standard InChI is InChI=1S/C16H20ClNO4/c1-16(2,3)15(20)22-14(19)11-8-10(17)9-12-13(11)21-7-5-6-18(12)4/h8-9H,5-7H2,1-4H3. The normalized spacial score (nSPS) is 14.7. The van der Waals surface area contributed by atoms with Crippen molar-refractivity contribution in [2.45, 2.75) is 27.2 Å². The number of nitrogens with zero attached hydrogens (tertiary/aromatic N) is 1. The Labute approximate surface area is 135 Å². The van der Waals surface area contributed by atoms with Crippen molar-refractivity contribution < 1.29 is 19.1 Å². The van der Waals surface area contributed by atoms with E-state index in [1.807, 2.05) is 11.9 Å². The van der Waals surface area contributed by atoms with Crippen LogP contribution in [0.3, 0.4) is 0 Å². The molecule has 0 aliphatic carbocycles. The van der Waals surface area contributed by atoms with E-state index in [2.05, 4.69) is 0 Å². The molecular formula is C16H20ClNO4. The molecule has 1 aromatic carbocycles. The first-order valence-electron chi connectivity index (χ1n) is 7.14. The zero-order chi connectivity index (χ0) is 16.5. The molecule has 0 saturated heterocycles. The average molecular weight is 326 g/mol. The summed E-state index contributed by atoms with van der Waals surface area (Å²) in [6.07, 6.45) is 0.832. The summed E-state index contributed by atoms with van der Waals surface area (Å²) in [5.41, 5.74) is 0.136. The average Bonchev–Trinajstić information content (AvgIpc) is 2.59. The highest BCUT2D eigenvalue weighted by Gasteiger charge is 2.29. The minimum atomic E-state index is -0.761. The third kappa shape index (κ3) is 3.53. The molecule has 6 heteroatoms. The first-order valence-corrected chi connectivity index (χ1v) is 7.52. The molecule has 0 spiro atoms. The van der Waals surface area contributed by atoms with Gasteiger partial charge in [-0.15, -0.1) is 0 Å². The van der Waals surface area contributed by atoms with Crippen molar-refractivity contribution in [1.29, 1.82) is 0 Å². The van der Waals surface area contributed by atoms with Crippen molar-refractivity contribution in [2.24, 2.45) is 5.41 Å². The molecule has 0 amide bonds. The summed E-state index contributed by atoms with van der Waals surface area (Å²) in [6.45, 7) is 6.34. The van der Waals surface area contributed by atoms with Crippen molar-refractivity contribution in [1.82, 2.24) is 0 Å². The lowest BCUT2D eigenvalue weighted by Gasteiger charge is -2.20. The van der Waals surface area contributed by atoms with E-state index in [1.165, 1.54) is 6.07 Å². The van der Waals surface area contributed by atoms with Crippen LogP contribution in [-0.2, 0) is 9.53 Å². The van der Waals surface area contributed by atoms with Crippen LogP contribution in [0.4, 0.5) is 5.69 Å². The highest BCUT2D eigenvalue weighted by molar-refractivity contribution is 6.31. The fraction of sp³-hybridized carbons (Fsp3) is 0.500. The van der Waals surface area contributed by atoms with Crippen LogP contribution in [0.1, 0.15) is 37.6 Å². The smallest absolute Gasteiger partial charge is 0.349 e. The van der Waals surface area contributed by atoms with Crippen molar-refractivity contribution >= 4 is 29.2 Å². The number of carbonyl (C=O) groups excluding carboxylic acids is 2. The molecule has 1 aliphatic heterocycles. The van der Waals surface area contributed by atoms with Crippen LogP contribution in [0.2, 0.25) is 5.02 Å². The van der Waals surface area contributed by atoms with E-state index in [0.29, 0.717) is 17.4 Å². The van der Waals surface area contributed by atoms with Crippen molar-refractivity contribution in [3.05, 3.63) is 22.7 Å². The van der Waals surface area contributed by atoms with Gasteiger partial charge in [0.2, 0.25) is 0 Å². The molecule has 0 saturated carbocycles. The monoisotopic (exact) mass is 325 g/mol. The molecule has 0 radical (unpaired) electrons. The van der Waals surface area contributed by atoms with Gasteiger partial charge >= 0.3 is 11.9 Å². The van der Waals surface area contributed by atoms with Gasteiger partial charge in [0.05, 0.1) is 17.7 Å². The molecule has 5 nitrogen and oxygen atoms in total. The maximum Gasteiger partial charge on any atom is 0.349 e. The number of benzene rings is 1. The third-order valence-corrected chi connectivity index (χ3v) is 3.57. The number of esters is 2. The highest BCUT2D eigenvalue weighted by Crippen LogP contribution is 2.37. The van der Waals surface area contributed by atoms with Crippen molar-refractivity contribution in [3.8, 4) is 5.75 Å². The molecule has 1 aliphatic rings. The Hall–Kier alpha value is -1.75. The van der Waals surface area contributed by atoms with Crippen LogP contribution in [-0.4, -0.2) is 32.1 Å². The highest BCUT2D eigenvalue weighted by atomic mass is 35.5. The Kier molecular flexibility index (Phi) is 4.66. The van der Waals surface area contributed by atoms with E-state index in [9.17, 15) is 9.59 Å². The molecule has 0 unspecified atom stereocenters. The molecule has 0 atom stereocenters. The van der Waals surface area contributed by atoms with Crippen LogP contribution >= 0.6 is 11.6 Å². The number of rotatable bonds is 1. The largest absolute Gasteiger partial charge is 0.490 e. The van der Waals surface area contributed by atoms with E-state index >= 15 is 0 Å². The maximum absolute atomic E-state index is 12.3. The number of fused-ring (bicyclic) bond motifs is 1.